The molecule has 1 aliphatic rings. The number of halogens is 1. The van der Waals surface area contributed by atoms with Crippen molar-refractivity contribution in [3.05, 3.63) is 59.7 Å². The van der Waals surface area contributed by atoms with Gasteiger partial charge in [0.15, 0.2) is 17.6 Å². The molecule has 0 saturated carbocycles. The van der Waals surface area contributed by atoms with Crippen molar-refractivity contribution in [3.63, 3.8) is 0 Å². The number of fused-ring (bicyclic) bond motifs is 1. The van der Waals surface area contributed by atoms with E-state index in [-0.39, 0.29) is 11.9 Å². The molecule has 4 rings (SSSR count). The Hall–Kier alpha value is -3.09. The van der Waals surface area contributed by atoms with E-state index in [4.69, 9.17) is 4.99 Å². The summed E-state index contributed by atoms with van der Waals surface area (Å²) in [6, 6.07) is 11.7. The maximum atomic E-state index is 14.0. The zero-order valence-electron chi connectivity index (χ0n) is 17.6. The molecule has 3 N–H and O–H groups in total. The third kappa shape index (κ3) is 4.40. The Kier molecular flexibility index (Phi) is 6.16. The van der Waals surface area contributed by atoms with Crippen LogP contribution in [-0.2, 0) is 6.42 Å². The molecule has 0 radical (unpaired) electrons. The zero-order valence-corrected chi connectivity index (χ0v) is 17.6. The van der Waals surface area contributed by atoms with E-state index in [2.05, 4.69) is 58.7 Å². The molecule has 30 heavy (non-hydrogen) atoms. The average molecular weight is 409 g/mol. The highest BCUT2D eigenvalue weighted by molar-refractivity contribution is 5.84. The molecule has 1 aliphatic heterocycles. The van der Waals surface area contributed by atoms with Crippen LogP contribution in [0.1, 0.15) is 24.6 Å². The van der Waals surface area contributed by atoms with Crippen LogP contribution in [0.3, 0.4) is 0 Å². The maximum Gasteiger partial charge on any atom is 0.191 e. The number of H-pyrrole nitrogens is 1. The molecule has 0 amide bonds. The van der Waals surface area contributed by atoms with Gasteiger partial charge >= 0.3 is 0 Å². The summed E-state index contributed by atoms with van der Waals surface area (Å²) >= 11 is 0. The molecule has 158 valence electrons. The molecule has 3 aromatic rings. The number of aromatic amines is 1. The Morgan fingerprint density at radius 1 is 1.30 bits per heavy atom. The first-order valence-corrected chi connectivity index (χ1v) is 10.6. The summed E-state index contributed by atoms with van der Waals surface area (Å²) < 4.78 is 14.0. The Bertz CT molecular complexity index is 1030. The van der Waals surface area contributed by atoms with E-state index in [0.717, 1.165) is 31.9 Å². The molecule has 0 bridgehead atoms. The maximum absolute atomic E-state index is 14.0. The lowest BCUT2D eigenvalue weighted by molar-refractivity contribution is 0.612. The SMILES string of the molecule is CCNC(=NCCc1c(C)[nH]c2ccccc12)NC1CCN(c2ncccc2F)C1. The van der Waals surface area contributed by atoms with Gasteiger partial charge in [0.1, 0.15) is 0 Å². The fourth-order valence-corrected chi connectivity index (χ4v) is 4.13. The Morgan fingerprint density at radius 2 is 2.17 bits per heavy atom. The molecule has 1 fully saturated rings. The largest absolute Gasteiger partial charge is 0.358 e. The molecule has 1 unspecified atom stereocenters. The van der Waals surface area contributed by atoms with Crippen molar-refractivity contribution < 1.29 is 4.39 Å². The van der Waals surface area contributed by atoms with E-state index in [0.29, 0.717) is 18.9 Å². The molecule has 0 aliphatic carbocycles. The Balaban J connectivity index is 1.38. The average Bonchev–Trinajstić information content (AvgIpc) is 3.33. The van der Waals surface area contributed by atoms with Crippen molar-refractivity contribution in [3.8, 4) is 0 Å². The number of nitrogens with one attached hydrogen (secondary N) is 3. The molecule has 2 aromatic heterocycles. The van der Waals surface area contributed by atoms with Crippen molar-refractivity contribution in [1.29, 1.82) is 0 Å². The predicted octanol–water partition coefficient (Wildman–Crippen LogP) is 3.39. The molecule has 1 saturated heterocycles. The van der Waals surface area contributed by atoms with E-state index >= 15 is 0 Å². The van der Waals surface area contributed by atoms with Gasteiger partial charge in [-0.2, -0.15) is 0 Å². The molecule has 0 spiro atoms. The first kappa shape index (κ1) is 20.2. The Labute approximate surface area is 176 Å². The van der Waals surface area contributed by atoms with E-state index in [1.54, 1.807) is 12.3 Å². The number of guanidine groups is 1. The summed E-state index contributed by atoms with van der Waals surface area (Å²) in [5.41, 5.74) is 3.70. The number of benzene rings is 1. The molecular formula is C23H29FN6. The van der Waals surface area contributed by atoms with Crippen LogP contribution in [-0.4, -0.2) is 48.1 Å². The van der Waals surface area contributed by atoms with Gasteiger partial charge in [-0.3, -0.25) is 4.99 Å². The number of nitrogens with zero attached hydrogens (tertiary/aromatic N) is 3. The summed E-state index contributed by atoms with van der Waals surface area (Å²) in [5, 5.41) is 8.11. The topological polar surface area (TPSA) is 68.3 Å². The quantitative estimate of drug-likeness (QED) is 0.432. The third-order valence-electron chi connectivity index (χ3n) is 5.57. The fraction of sp³-hybridized carbons (Fsp3) is 0.391. The van der Waals surface area contributed by atoms with Gasteiger partial charge in [0.2, 0.25) is 0 Å². The number of aryl methyl sites for hydroxylation is 1. The lowest BCUT2D eigenvalue weighted by Crippen LogP contribution is -2.44. The van der Waals surface area contributed by atoms with Crippen molar-refractivity contribution in [1.82, 2.24) is 20.6 Å². The highest BCUT2D eigenvalue weighted by atomic mass is 19.1. The monoisotopic (exact) mass is 408 g/mol. The van der Waals surface area contributed by atoms with Gasteiger partial charge in [-0.05, 0) is 50.5 Å². The predicted molar refractivity (Wildman–Crippen MR) is 121 cm³/mol. The zero-order chi connectivity index (χ0) is 20.9. The lowest BCUT2D eigenvalue weighted by atomic mass is 10.1. The smallest absolute Gasteiger partial charge is 0.191 e. The van der Waals surface area contributed by atoms with Crippen LogP contribution in [0.4, 0.5) is 10.2 Å². The minimum Gasteiger partial charge on any atom is -0.358 e. The van der Waals surface area contributed by atoms with E-state index < -0.39 is 0 Å². The lowest BCUT2D eigenvalue weighted by Gasteiger charge is -2.20. The highest BCUT2D eigenvalue weighted by Gasteiger charge is 2.25. The fourth-order valence-electron chi connectivity index (χ4n) is 4.13. The van der Waals surface area contributed by atoms with Crippen molar-refractivity contribution >= 4 is 22.7 Å². The second-order valence-electron chi connectivity index (χ2n) is 7.67. The van der Waals surface area contributed by atoms with E-state index in [1.165, 1.54) is 28.2 Å². The van der Waals surface area contributed by atoms with Gasteiger partial charge in [-0.15, -0.1) is 0 Å². The number of hydrogen-bond acceptors (Lipinski definition) is 3. The number of anilines is 1. The van der Waals surface area contributed by atoms with Crippen LogP contribution in [0.2, 0.25) is 0 Å². The van der Waals surface area contributed by atoms with Gasteiger partial charge in [-0.25, -0.2) is 9.37 Å². The van der Waals surface area contributed by atoms with Crippen LogP contribution >= 0.6 is 0 Å². The normalized spacial score (nSPS) is 17.0. The van der Waals surface area contributed by atoms with Gasteiger partial charge < -0.3 is 20.5 Å². The van der Waals surface area contributed by atoms with Crippen molar-refractivity contribution in [2.75, 3.05) is 31.1 Å². The van der Waals surface area contributed by atoms with Crippen LogP contribution in [0.15, 0.2) is 47.6 Å². The number of aliphatic imine (C=N–C) groups is 1. The summed E-state index contributed by atoms with van der Waals surface area (Å²) in [6.45, 7) is 7.16. The summed E-state index contributed by atoms with van der Waals surface area (Å²) in [6.07, 6.45) is 3.43. The van der Waals surface area contributed by atoms with Crippen molar-refractivity contribution in [2.45, 2.75) is 32.7 Å². The summed E-state index contributed by atoms with van der Waals surface area (Å²) in [7, 11) is 0. The first-order valence-electron chi connectivity index (χ1n) is 10.6. The molecule has 1 atom stereocenters. The molecule has 7 heteroatoms. The second-order valence-corrected chi connectivity index (χ2v) is 7.67. The highest BCUT2D eigenvalue weighted by Crippen LogP contribution is 2.22. The van der Waals surface area contributed by atoms with E-state index in [9.17, 15) is 4.39 Å². The standard InChI is InChI=1S/C23H29FN6/c1-3-25-23(27-13-10-18-16(2)28-21-9-5-4-7-19(18)21)29-17-11-14-30(15-17)22-20(24)8-6-12-26-22/h4-9,12,17,28H,3,10-11,13-15H2,1-2H3,(H2,25,27,29). The number of para-hydroxylation sites is 1. The second kappa shape index (κ2) is 9.15. The number of aromatic nitrogens is 2. The molecule has 6 nitrogen and oxygen atoms in total. The molecule has 1 aromatic carbocycles. The van der Waals surface area contributed by atoms with Gasteiger partial charge in [-0.1, -0.05) is 18.2 Å². The first-order chi connectivity index (χ1) is 14.7. The van der Waals surface area contributed by atoms with Crippen LogP contribution < -0.4 is 15.5 Å². The third-order valence-corrected chi connectivity index (χ3v) is 5.57. The van der Waals surface area contributed by atoms with Gasteiger partial charge in [0.05, 0.1) is 0 Å². The number of pyridine rings is 1. The number of hydrogen-bond donors (Lipinski definition) is 3. The summed E-state index contributed by atoms with van der Waals surface area (Å²) in [5.74, 6) is 0.967. The van der Waals surface area contributed by atoms with Crippen molar-refractivity contribution in [2.24, 2.45) is 4.99 Å². The Morgan fingerprint density at radius 3 is 3.00 bits per heavy atom. The van der Waals surface area contributed by atoms with E-state index in [1.807, 2.05) is 4.90 Å². The van der Waals surface area contributed by atoms with Crippen LogP contribution in [0, 0.1) is 12.7 Å². The van der Waals surface area contributed by atoms with Crippen LogP contribution in [0.5, 0.6) is 0 Å². The van der Waals surface area contributed by atoms with Crippen LogP contribution in [0.25, 0.3) is 10.9 Å². The summed E-state index contributed by atoms with van der Waals surface area (Å²) in [4.78, 5) is 14.4. The van der Waals surface area contributed by atoms with Gasteiger partial charge in [0, 0.05) is 55.0 Å². The number of rotatable bonds is 6. The minimum absolute atomic E-state index is 0.207. The molecule has 3 heterocycles. The van der Waals surface area contributed by atoms with Gasteiger partial charge in [0.25, 0.3) is 0 Å². The minimum atomic E-state index is -0.271. The molecular weight excluding hydrogens is 379 g/mol.